The van der Waals surface area contributed by atoms with Gasteiger partial charge in [0.2, 0.25) is 0 Å². The quantitative estimate of drug-likeness (QED) is 0.136. The summed E-state index contributed by atoms with van der Waals surface area (Å²) < 4.78 is 0. The molecular weight excluding hydrogens is 669 g/mol. The molecule has 0 amide bonds. The maximum Gasteiger partial charge on any atom is 0.169 e. The Bertz CT molecular complexity index is 2480. The first kappa shape index (κ1) is 36.4. The van der Waals surface area contributed by atoms with Crippen LogP contribution in [0, 0.1) is 0 Å². The van der Waals surface area contributed by atoms with Crippen LogP contribution in [0.1, 0.15) is 43.6 Å². The lowest BCUT2D eigenvalue weighted by molar-refractivity contribution is 0.756. The fourth-order valence-electron chi connectivity index (χ4n) is 6.65. The summed E-state index contributed by atoms with van der Waals surface area (Å²) in [5.74, 6) is 1.60. The third kappa shape index (κ3) is 8.51. The average Bonchev–Trinajstić information content (AvgIpc) is 3.26. The molecular formula is C51H44N4. The van der Waals surface area contributed by atoms with E-state index in [0.29, 0.717) is 0 Å². The molecule has 7 rings (SSSR count). The Kier molecular flexibility index (Phi) is 11.4. The molecule has 0 bridgehead atoms. The normalized spacial score (nSPS) is 14.8. The molecule has 1 aliphatic rings. The SMILES string of the molecule is C=C/C(=C\C=C/C)c1ccc(-c2cc(-c3cccc(-c4cccc(C5N=C(C(/C=C\C)=C/C)NC(c6ccccc6)=N5)c4)c3)cc(-c3ccccc3)n2)cc1. The van der Waals surface area contributed by atoms with Gasteiger partial charge in [-0.15, -0.1) is 0 Å². The summed E-state index contributed by atoms with van der Waals surface area (Å²) >= 11 is 0. The van der Waals surface area contributed by atoms with Crippen molar-refractivity contribution >= 4 is 17.2 Å². The fourth-order valence-corrected chi connectivity index (χ4v) is 6.65. The molecule has 1 N–H and O–H groups in total. The second-order valence-corrected chi connectivity index (χ2v) is 13.2. The molecule has 0 saturated carbocycles. The van der Waals surface area contributed by atoms with Crippen molar-refractivity contribution in [2.75, 3.05) is 0 Å². The summed E-state index contributed by atoms with van der Waals surface area (Å²) in [5, 5.41) is 3.49. The van der Waals surface area contributed by atoms with Crippen molar-refractivity contribution in [3.8, 4) is 44.8 Å². The fraction of sp³-hybridized carbons (Fsp3) is 0.0784. The molecule has 0 aliphatic carbocycles. The molecule has 5 aromatic carbocycles. The van der Waals surface area contributed by atoms with Gasteiger partial charge in [-0.25, -0.2) is 15.0 Å². The van der Waals surface area contributed by atoms with Crippen LogP contribution in [0.5, 0.6) is 0 Å². The summed E-state index contributed by atoms with van der Waals surface area (Å²) in [7, 11) is 0. The van der Waals surface area contributed by atoms with Crippen LogP contribution in [0.3, 0.4) is 0 Å². The predicted octanol–water partition coefficient (Wildman–Crippen LogP) is 12.9. The average molecular weight is 713 g/mol. The van der Waals surface area contributed by atoms with Gasteiger partial charge in [-0.3, -0.25) is 0 Å². The molecule has 0 radical (unpaired) electrons. The molecule has 1 aliphatic heterocycles. The zero-order valence-corrected chi connectivity index (χ0v) is 31.5. The number of aliphatic imine (C=N–C) groups is 2. The highest BCUT2D eigenvalue weighted by Gasteiger charge is 2.21. The third-order valence-electron chi connectivity index (χ3n) is 9.53. The Labute approximate surface area is 325 Å². The maximum atomic E-state index is 5.17. The Morgan fingerprint density at radius 2 is 1.16 bits per heavy atom. The van der Waals surface area contributed by atoms with E-state index in [1.165, 1.54) is 0 Å². The van der Waals surface area contributed by atoms with Crippen LogP contribution in [-0.4, -0.2) is 16.7 Å². The lowest BCUT2D eigenvalue weighted by Crippen LogP contribution is -2.36. The van der Waals surface area contributed by atoms with Crippen LogP contribution < -0.4 is 5.32 Å². The number of hydrogen-bond donors (Lipinski definition) is 1. The van der Waals surface area contributed by atoms with Crippen molar-refractivity contribution in [1.29, 1.82) is 0 Å². The van der Waals surface area contributed by atoms with Crippen LogP contribution in [0.15, 0.2) is 210 Å². The second kappa shape index (κ2) is 17.3. The molecule has 1 unspecified atom stereocenters. The number of amidine groups is 2. The lowest BCUT2D eigenvalue weighted by Gasteiger charge is -2.23. The van der Waals surface area contributed by atoms with Gasteiger partial charge in [0, 0.05) is 22.3 Å². The first-order valence-corrected chi connectivity index (χ1v) is 18.7. The van der Waals surface area contributed by atoms with E-state index in [1.54, 1.807) is 0 Å². The van der Waals surface area contributed by atoms with Gasteiger partial charge in [0.1, 0.15) is 11.7 Å². The minimum Gasteiger partial charge on any atom is -0.324 e. The summed E-state index contributed by atoms with van der Waals surface area (Å²) in [5.41, 5.74) is 13.6. The van der Waals surface area contributed by atoms with Gasteiger partial charge in [-0.05, 0) is 84.0 Å². The topological polar surface area (TPSA) is 49.6 Å². The van der Waals surface area contributed by atoms with Crippen molar-refractivity contribution in [2.24, 2.45) is 9.98 Å². The Morgan fingerprint density at radius 3 is 1.80 bits per heavy atom. The first-order chi connectivity index (χ1) is 27.1. The molecule has 4 nitrogen and oxygen atoms in total. The number of rotatable bonds is 11. The van der Waals surface area contributed by atoms with E-state index in [4.69, 9.17) is 15.0 Å². The first-order valence-electron chi connectivity index (χ1n) is 18.7. The zero-order valence-electron chi connectivity index (χ0n) is 31.5. The van der Waals surface area contributed by atoms with Crippen molar-refractivity contribution in [2.45, 2.75) is 26.9 Å². The van der Waals surface area contributed by atoms with E-state index >= 15 is 0 Å². The van der Waals surface area contributed by atoms with Crippen LogP contribution >= 0.6 is 0 Å². The van der Waals surface area contributed by atoms with Crippen LogP contribution in [0.2, 0.25) is 0 Å². The highest BCUT2D eigenvalue weighted by molar-refractivity contribution is 6.16. The third-order valence-corrected chi connectivity index (χ3v) is 9.53. The lowest BCUT2D eigenvalue weighted by atomic mass is 9.95. The number of allylic oxidation sites excluding steroid dienone is 7. The predicted molar refractivity (Wildman–Crippen MR) is 234 cm³/mol. The van der Waals surface area contributed by atoms with E-state index in [9.17, 15) is 0 Å². The largest absolute Gasteiger partial charge is 0.324 e. The van der Waals surface area contributed by atoms with E-state index in [1.807, 2.05) is 69.3 Å². The van der Waals surface area contributed by atoms with Gasteiger partial charge in [0.05, 0.1) is 11.4 Å². The molecule has 1 aromatic heterocycles. The summed E-state index contributed by atoms with van der Waals surface area (Å²) in [4.78, 5) is 15.4. The van der Waals surface area contributed by atoms with Gasteiger partial charge in [-0.1, -0.05) is 170 Å². The van der Waals surface area contributed by atoms with E-state index in [2.05, 4.69) is 151 Å². The summed E-state index contributed by atoms with van der Waals surface area (Å²) in [6, 6.07) is 50.9. The van der Waals surface area contributed by atoms with Crippen molar-refractivity contribution in [3.05, 3.63) is 217 Å². The molecule has 0 fully saturated rings. The minimum atomic E-state index is -0.404. The van der Waals surface area contributed by atoms with Gasteiger partial charge < -0.3 is 5.32 Å². The molecule has 4 heteroatoms. The maximum absolute atomic E-state index is 5.17. The van der Waals surface area contributed by atoms with Gasteiger partial charge in [0.15, 0.2) is 6.17 Å². The molecule has 268 valence electrons. The number of hydrogen-bond acceptors (Lipinski definition) is 4. The highest BCUT2D eigenvalue weighted by Crippen LogP contribution is 2.34. The summed E-state index contributed by atoms with van der Waals surface area (Å²) in [6.45, 7) is 10.1. The van der Waals surface area contributed by atoms with Crippen molar-refractivity contribution in [1.82, 2.24) is 10.3 Å². The molecule has 2 heterocycles. The van der Waals surface area contributed by atoms with E-state index in [0.717, 1.165) is 84.3 Å². The summed E-state index contributed by atoms with van der Waals surface area (Å²) in [6.07, 6.45) is 13.8. The molecule has 6 aromatic rings. The Morgan fingerprint density at radius 1 is 0.564 bits per heavy atom. The van der Waals surface area contributed by atoms with Crippen molar-refractivity contribution in [3.63, 3.8) is 0 Å². The molecule has 1 atom stereocenters. The molecule has 55 heavy (non-hydrogen) atoms. The highest BCUT2D eigenvalue weighted by atomic mass is 15.2. The van der Waals surface area contributed by atoms with Crippen LogP contribution in [0.25, 0.3) is 50.3 Å². The van der Waals surface area contributed by atoms with E-state index in [-0.39, 0.29) is 0 Å². The van der Waals surface area contributed by atoms with Crippen LogP contribution in [-0.2, 0) is 0 Å². The standard InChI is InChI=1S/C51H44N4/c1-5-9-19-36(7-3)38-28-30-40(31-29-38)48-35-46(34-47(52-48)39-20-12-10-13-21-39)44-26-16-24-42(32-44)43-25-17-27-45(33-43)51-54-49(37(8-4)18-6-2)53-50(55-51)41-22-14-11-15-23-41/h5-35,51H,3H2,1-2,4H3,(H,53,54,55)/b9-5-,18-6-,36-19+,37-8+. The second-order valence-electron chi connectivity index (χ2n) is 13.2. The Hall–Kier alpha value is -6.91. The Balaban J connectivity index is 1.27. The zero-order chi connectivity index (χ0) is 38.0. The molecule has 0 saturated heterocycles. The number of nitrogens with zero attached hydrogens (tertiary/aromatic N) is 3. The minimum absolute atomic E-state index is 0.404. The van der Waals surface area contributed by atoms with Gasteiger partial charge >= 0.3 is 0 Å². The number of nitrogens with one attached hydrogen (secondary N) is 1. The monoisotopic (exact) mass is 712 g/mol. The smallest absolute Gasteiger partial charge is 0.169 e. The molecule has 0 spiro atoms. The van der Waals surface area contributed by atoms with Gasteiger partial charge in [-0.2, -0.15) is 0 Å². The van der Waals surface area contributed by atoms with Gasteiger partial charge in [0.25, 0.3) is 0 Å². The van der Waals surface area contributed by atoms with Crippen LogP contribution in [0.4, 0.5) is 0 Å². The van der Waals surface area contributed by atoms with E-state index < -0.39 is 6.17 Å². The number of pyridine rings is 1. The number of aromatic nitrogens is 1. The number of benzene rings is 5. The van der Waals surface area contributed by atoms with Crippen molar-refractivity contribution < 1.29 is 0 Å².